The molecule has 0 amide bonds. The lowest BCUT2D eigenvalue weighted by Crippen LogP contribution is -2.42. The molecule has 4 rings (SSSR count). The topological polar surface area (TPSA) is 85.8 Å². The summed E-state index contributed by atoms with van der Waals surface area (Å²) < 4.78 is 18.6. The Balaban J connectivity index is 1.54. The van der Waals surface area contributed by atoms with E-state index in [1.54, 1.807) is 18.1 Å². The molecular formula is C24H31N5O3. The Hall–Kier alpha value is -3.42. The minimum absolute atomic E-state index is 0.122. The first-order valence-electron chi connectivity index (χ1n) is 11.1. The van der Waals surface area contributed by atoms with Crippen LogP contribution in [-0.4, -0.2) is 36.0 Å². The third-order valence-corrected chi connectivity index (χ3v) is 5.61. The zero-order valence-corrected chi connectivity index (χ0v) is 18.9. The van der Waals surface area contributed by atoms with Crippen LogP contribution >= 0.6 is 0 Å². The van der Waals surface area contributed by atoms with Gasteiger partial charge in [-0.2, -0.15) is 5.10 Å². The van der Waals surface area contributed by atoms with Crippen molar-refractivity contribution >= 4 is 5.96 Å². The van der Waals surface area contributed by atoms with Crippen LogP contribution in [0.5, 0.6) is 11.6 Å². The molecule has 0 spiro atoms. The highest BCUT2D eigenvalue weighted by molar-refractivity contribution is 5.80. The molecule has 0 saturated carbocycles. The van der Waals surface area contributed by atoms with Crippen molar-refractivity contribution < 1.29 is 13.9 Å². The maximum absolute atomic E-state index is 5.82. The SMILES string of the molecule is CCc1nn(C)c(OC)c1CN=C(NCCc1ccco1)NC1CCOc2ccccc21. The lowest BCUT2D eigenvalue weighted by molar-refractivity contribution is 0.261. The first-order chi connectivity index (χ1) is 15.7. The molecule has 1 aliphatic rings. The van der Waals surface area contributed by atoms with Crippen molar-refractivity contribution in [1.82, 2.24) is 20.4 Å². The normalized spacial score (nSPS) is 15.7. The second kappa shape index (κ2) is 10.3. The molecule has 32 heavy (non-hydrogen) atoms. The summed E-state index contributed by atoms with van der Waals surface area (Å²) in [5.41, 5.74) is 3.16. The van der Waals surface area contributed by atoms with E-state index >= 15 is 0 Å². The molecule has 0 radical (unpaired) electrons. The molecule has 0 fully saturated rings. The molecule has 8 heteroatoms. The number of aromatic nitrogens is 2. The van der Waals surface area contributed by atoms with Gasteiger partial charge in [-0.1, -0.05) is 25.1 Å². The first kappa shape index (κ1) is 21.8. The molecule has 3 heterocycles. The molecule has 2 aromatic heterocycles. The third kappa shape index (κ3) is 4.90. The van der Waals surface area contributed by atoms with Crippen LogP contribution in [0.2, 0.25) is 0 Å². The zero-order chi connectivity index (χ0) is 22.3. The molecule has 2 N–H and O–H groups in total. The Morgan fingerprint density at radius 3 is 2.94 bits per heavy atom. The number of guanidine groups is 1. The minimum atomic E-state index is 0.122. The number of hydrogen-bond donors (Lipinski definition) is 2. The average Bonchev–Trinajstić information content (AvgIpc) is 3.44. The van der Waals surface area contributed by atoms with Gasteiger partial charge in [0.1, 0.15) is 11.5 Å². The van der Waals surface area contributed by atoms with Crippen LogP contribution in [-0.2, 0) is 26.4 Å². The summed E-state index contributed by atoms with van der Waals surface area (Å²) in [4.78, 5) is 4.90. The van der Waals surface area contributed by atoms with Gasteiger partial charge in [0.15, 0.2) is 5.96 Å². The molecule has 1 aliphatic heterocycles. The van der Waals surface area contributed by atoms with E-state index in [4.69, 9.17) is 18.9 Å². The Bertz CT molecular complexity index is 1040. The number of furan rings is 1. The molecule has 1 unspecified atom stereocenters. The predicted molar refractivity (Wildman–Crippen MR) is 123 cm³/mol. The van der Waals surface area contributed by atoms with Gasteiger partial charge in [0.2, 0.25) is 5.88 Å². The lowest BCUT2D eigenvalue weighted by Gasteiger charge is -2.28. The van der Waals surface area contributed by atoms with Crippen LogP contribution in [0, 0.1) is 0 Å². The molecule has 1 aromatic carbocycles. The number of para-hydroxylation sites is 1. The number of methoxy groups -OCH3 is 1. The van der Waals surface area contributed by atoms with Crippen LogP contribution in [0.3, 0.4) is 0 Å². The van der Waals surface area contributed by atoms with Crippen LogP contribution in [0.1, 0.15) is 42.0 Å². The van der Waals surface area contributed by atoms with Crippen molar-refractivity contribution in [3.8, 4) is 11.6 Å². The van der Waals surface area contributed by atoms with Crippen molar-refractivity contribution in [2.24, 2.45) is 12.0 Å². The molecule has 0 saturated heterocycles. The van der Waals surface area contributed by atoms with E-state index in [-0.39, 0.29) is 6.04 Å². The molecule has 8 nitrogen and oxygen atoms in total. The molecule has 0 aliphatic carbocycles. The standard InChI is InChI=1S/C24H31N5O3/c1-4-20-19(23(30-3)29(2)28-20)16-26-24(25-13-11-17-8-7-14-31-17)27-21-12-15-32-22-10-6-5-9-18(21)22/h5-10,14,21H,4,11-13,15-16H2,1-3H3,(H2,25,26,27). The van der Waals surface area contributed by atoms with Gasteiger partial charge in [-0.15, -0.1) is 0 Å². The fraction of sp³-hybridized carbons (Fsp3) is 0.417. The van der Waals surface area contributed by atoms with Crippen LogP contribution in [0.4, 0.5) is 0 Å². The largest absolute Gasteiger partial charge is 0.493 e. The van der Waals surface area contributed by atoms with Crippen molar-refractivity contribution in [3.05, 3.63) is 65.2 Å². The van der Waals surface area contributed by atoms with Gasteiger partial charge in [0, 0.05) is 32.0 Å². The number of nitrogens with zero attached hydrogens (tertiary/aromatic N) is 3. The second-order valence-corrected chi connectivity index (χ2v) is 7.70. The Kier molecular flexibility index (Phi) is 6.99. The third-order valence-electron chi connectivity index (χ3n) is 5.61. The molecule has 170 valence electrons. The summed E-state index contributed by atoms with van der Waals surface area (Å²) in [6.45, 7) is 3.94. The highest BCUT2D eigenvalue weighted by Gasteiger charge is 2.22. The van der Waals surface area contributed by atoms with Crippen LogP contribution < -0.4 is 20.1 Å². The summed E-state index contributed by atoms with van der Waals surface area (Å²) in [6, 6.07) is 12.2. The quantitative estimate of drug-likeness (QED) is 0.415. The number of nitrogens with one attached hydrogen (secondary N) is 2. The summed E-state index contributed by atoms with van der Waals surface area (Å²) in [5.74, 6) is 3.35. The van der Waals surface area contributed by atoms with Gasteiger partial charge in [-0.05, 0) is 24.6 Å². The summed E-state index contributed by atoms with van der Waals surface area (Å²) in [5, 5.41) is 11.6. The molecule has 1 atom stereocenters. The van der Waals surface area contributed by atoms with Gasteiger partial charge in [0.05, 0.1) is 43.8 Å². The number of benzene rings is 1. The smallest absolute Gasteiger partial charge is 0.216 e. The fourth-order valence-corrected chi connectivity index (χ4v) is 4.03. The second-order valence-electron chi connectivity index (χ2n) is 7.70. The van der Waals surface area contributed by atoms with Gasteiger partial charge < -0.3 is 24.5 Å². The Morgan fingerprint density at radius 1 is 1.28 bits per heavy atom. The lowest BCUT2D eigenvalue weighted by atomic mass is 10.0. The Morgan fingerprint density at radius 2 is 2.16 bits per heavy atom. The number of fused-ring (bicyclic) bond motifs is 1. The average molecular weight is 438 g/mol. The maximum atomic E-state index is 5.82. The first-order valence-corrected chi connectivity index (χ1v) is 11.1. The highest BCUT2D eigenvalue weighted by atomic mass is 16.5. The van der Waals surface area contributed by atoms with Crippen molar-refractivity contribution in [1.29, 1.82) is 0 Å². The van der Waals surface area contributed by atoms with E-state index in [0.717, 1.165) is 59.4 Å². The Labute approximate surface area is 188 Å². The van der Waals surface area contributed by atoms with E-state index < -0.39 is 0 Å². The number of aryl methyl sites for hydroxylation is 2. The van der Waals surface area contributed by atoms with Gasteiger partial charge in [-0.25, -0.2) is 9.67 Å². The van der Waals surface area contributed by atoms with Gasteiger partial charge in [-0.3, -0.25) is 0 Å². The summed E-state index contributed by atoms with van der Waals surface area (Å²) in [7, 11) is 3.56. The molecule has 0 bridgehead atoms. The van der Waals surface area contributed by atoms with Crippen LogP contribution in [0.25, 0.3) is 0 Å². The van der Waals surface area contributed by atoms with Crippen molar-refractivity contribution in [3.63, 3.8) is 0 Å². The van der Waals surface area contributed by atoms with Crippen molar-refractivity contribution in [2.75, 3.05) is 20.3 Å². The van der Waals surface area contributed by atoms with E-state index in [9.17, 15) is 0 Å². The van der Waals surface area contributed by atoms with E-state index in [1.807, 2.05) is 37.4 Å². The minimum Gasteiger partial charge on any atom is -0.493 e. The number of aliphatic imine (C=N–C) groups is 1. The zero-order valence-electron chi connectivity index (χ0n) is 18.9. The summed E-state index contributed by atoms with van der Waals surface area (Å²) >= 11 is 0. The number of rotatable bonds is 8. The monoisotopic (exact) mass is 437 g/mol. The van der Waals surface area contributed by atoms with Gasteiger partial charge in [0.25, 0.3) is 0 Å². The molecular weight excluding hydrogens is 406 g/mol. The van der Waals surface area contributed by atoms with Crippen molar-refractivity contribution in [2.45, 2.75) is 38.8 Å². The van der Waals surface area contributed by atoms with E-state index in [0.29, 0.717) is 19.7 Å². The number of ether oxygens (including phenoxy) is 2. The van der Waals surface area contributed by atoms with E-state index in [1.165, 1.54) is 0 Å². The summed E-state index contributed by atoms with van der Waals surface area (Å²) in [6.07, 6.45) is 4.16. The maximum Gasteiger partial charge on any atom is 0.216 e. The van der Waals surface area contributed by atoms with Crippen LogP contribution in [0.15, 0.2) is 52.1 Å². The highest BCUT2D eigenvalue weighted by Crippen LogP contribution is 2.31. The predicted octanol–water partition coefficient (Wildman–Crippen LogP) is 3.39. The van der Waals surface area contributed by atoms with Gasteiger partial charge >= 0.3 is 0 Å². The molecule has 3 aromatic rings. The fourth-order valence-electron chi connectivity index (χ4n) is 4.03. The number of hydrogen-bond acceptors (Lipinski definition) is 5. The van der Waals surface area contributed by atoms with E-state index in [2.05, 4.69) is 28.7 Å².